The van der Waals surface area contributed by atoms with Crippen molar-refractivity contribution in [1.82, 2.24) is 0 Å². The van der Waals surface area contributed by atoms with E-state index in [1.54, 1.807) is 0 Å². The predicted octanol–water partition coefficient (Wildman–Crippen LogP) is 4.92. The normalized spacial score (nSPS) is 24.1. The summed E-state index contributed by atoms with van der Waals surface area (Å²) in [6.45, 7) is 2.31. The minimum atomic E-state index is 0.232. The molecule has 2 saturated carbocycles. The van der Waals surface area contributed by atoms with E-state index in [-0.39, 0.29) is 6.04 Å². The molecule has 3 rings (SSSR count). The maximum Gasteiger partial charge on any atom is 0.0351 e. The van der Waals surface area contributed by atoms with Crippen LogP contribution in [0.2, 0.25) is 0 Å². The smallest absolute Gasteiger partial charge is 0.0351 e. The van der Waals surface area contributed by atoms with Crippen LogP contribution in [0.15, 0.2) is 24.3 Å². The summed E-state index contributed by atoms with van der Waals surface area (Å²) in [5, 5.41) is 0. The lowest BCUT2D eigenvalue weighted by molar-refractivity contribution is 0.222. The largest absolute Gasteiger partial charge is 0.323 e. The highest BCUT2D eigenvalue weighted by Gasteiger charge is 2.38. The molecule has 2 N–H and O–H groups in total. The molecule has 1 heteroatoms. The molecule has 19 heavy (non-hydrogen) atoms. The van der Waals surface area contributed by atoms with Crippen LogP contribution in [0, 0.1) is 5.41 Å². The molecule has 1 aromatic carbocycles. The molecule has 2 fully saturated rings. The van der Waals surface area contributed by atoms with Crippen molar-refractivity contribution in [2.75, 3.05) is 0 Å². The van der Waals surface area contributed by atoms with Crippen LogP contribution in [0.1, 0.15) is 81.4 Å². The van der Waals surface area contributed by atoms with E-state index in [0.717, 1.165) is 5.92 Å². The fraction of sp³-hybridized carbons (Fsp3) is 0.667. The zero-order valence-electron chi connectivity index (χ0n) is 12.2. The van der Waals surface area contributed by atoms with E-state index in [2.05, 4.69) is 31.2 Å². The number of nitrogens with two attached hydrogens (primary N) is 1. The SMILES string of the molecule is CCC1(C(N)c2ccc(C3CCC3)cc2)CCCC1. The lowest BCUT2D eigenvalue weighted by atomic mass is 9.73. The molecule has 0 spiro atoms. The van der Waals surface area contributed by atoms with Gasteiger partial charge in [-0.1, -0.05) is 50.5 Å². The first-order valence-corrected chi connectivity index (χ1v) is 8.10. The summed E-state index contributed by atoms with van der Waals surface area (Å²) < 4.78 is 0. The van der Waals surface area contributed by atoms with E-state index in [1.807, 2.05) is 0 Å². The Kier molecular flexibility index (Phi) is 3.66. The standard InChI is InChI=1S/C18H27N/c1-2-18(12-3-4-13-18)17(19)16-10-8-15(9-11-16)14-6-5-7-14/h8-11,14,17H,2-7,12-13,19H2,1H3. The summed E-state index contributed by atoms with van der Waals surface area (Å²) in [5.74, 6) is 0.830. The van der Waals surface area contributed by atoms with Gasteiger partial charge in [0, 0.05) is 6.04 Å². The van der Waals surface area contributed by atoms with E-state index >= 15 is 0 Å². The van der Waals surface area contributed by atoms with Gasteiger partial charge in [0.05, 0.1) is 0 Å². The first-order valence-electron chi connectivity index (χ1n) is 8.10. The average Bonchev–Trinajstić information content (AvgIpc) is 2.87. The summed E-state index contributed by atoms with van der Waals surface area (Å²) >= 11 is 0. The van der Waals surface area contributed by atoms with E-state index in [9.17, 15) is 0 Å². The van der Waals surface area contributed by atoms with Crippen molar-refractivity contribution >= 4 is 0 Å². The molecule has 1 nitrogen and oxygen atoms in total. The molecule has 1 aromatic rings. The van der Waals surface area contributed by atoms with Crippen molar-refractivity contribution in [2.24, 2.45) is 11.1 Å². The van der Waals surface area contributed by atoms with Crippen LogP contribution >= 0.6 is 0 Å². The van der Waals surface area contributed by atoms with Crippen molar-refractivity contribution in [3.63, 3.8) is 0 Å². The lowest BCUT2D eigenvalue weighted by Crippen LogP contribution is -2.31. The molecule has 104 valence electrons. The van der Waals surface area contributed by atoms with E-state index in [1.165, 1.54) is 62.5 Å². The van der Waals surface area contributed by atoms with Crippen LogP contribution in [0.5, 0.6) is 0 Å². The zero-order chi connectivity index (χ0) is 13.3. The van der Waals surface area contributed by atoms with Crippen LogP contribution in [0.3, 0.4) is 0 Å². The Morgan fingerprint density at radius 3 is 2.21 bits per heavy atom. The monoisotopic (exact) mass is 257 g/mol. The van der Waals surface area contributed by atoms with Crippen LogP contribution in [-0.2, 0) is 0 Å². The summed E-state index contributed by atoms with van der Waals surface area (Å²) in [6, 6.07) is 9.49. The van der Waals surface area contributed by atoms with Gasteiger partial charge in [0.15, 0.2) is 0 Å². The fourth-order valence-corrected chi connectivity index (χ4v) is 4.03. The molecule has 0 bridgehead atoms. The van der Waals surface area contributed by atoms with E-state index < -0.39 is 0 Å². The number of rotatable bonds is 4. The second kappa shape index (κ2) is 5.28. The van der Waals surface area contributed by atoms with Gasteiger partial charge in [-0.2, -0.15) is 0 Å². The third kappa shape index (κ3) is 2.33. The first kappa shape index (κ1) is 13.2. The minimum Gasteiger partial charge on any atom is -0.323 e. The highest BCUT2D eigenvalue weighted by atomic mass is 14.7. The molecular weight excluding hydrogens is 230 g/mol. The molecule has 0 heterocycles. The molecule has 2 aliphatic rings. The Morgan fingerprint density at radius 2 is 1.74 bits per heavy atom. The molecule has 2 aliphatic carbocycles. The second-order valence-electron chi connectivity index (χ2n) is 6.70. The lowest BCUT2D eigenvalue weighted by Gasteiger charge is -2.35. The van der Waals surface area contributed by atoms with Crippen molar-refractivity contribution in [3.8, 4) is 0 Å². The topological polar surface area (TPSA) is 26.0 Å². The third-order valence-corrected chi connectivity index (χ3v) is 5.84. The van der Waals surface area contributed by atoms with Gasteiger partial charge in [-0.05, 0) is 54.6 Å². The molecule has 0 amide bonds. The van der Waals surface area contributed by atoms with Crippen LogP contribution in [0.4, 0.5) is 0 Å². The quantitative estimate of drug-likeness (QED) is 0.813. The highest BCUT2D eigenvalue weighted by molar-refractivity contribution is 5.29. The van der Waals surface area contributed by atoms with Gasteiger partial charge in [-0.15, -0.1) is 0 Å². The van der Waals surface area contributed by atoms with Crippen LogP contribution < -0.4 is 5.73 Å². The molecule has 1 atom stereocenters. The van der Waals surface area contributed by atoms with Gasteiger partial charge in [0.1, 0.15) is 0 Å². The molecule has 0 saturated heterocycles. The zero-order valence-corrected chi connectivity index (χ0v) is 12.2. The second-order valence-corrected chi connectivity index (χ2v) is 6.70. The number of hydrogen-bond donors (Lipinski definition) is 1. The summed E-state index contributed by atoms with van der Waals surface area (Å²) in [4.78, 5) is 0. The third-order valence-electron chi connectivity index (χ3n) is 5.84. The summed E-state index contributed by atoms with van der Waals surface area (Å²) in [6.07, 6.45) is 10.7. The fourth-order valence-electron chi connectivity index (χ4n) is 4.03. The average molecular weight is 257 g/mol. The number of benzene rings is 1. The molecule has 1 unspecified atom stereocenters. The Balaban J connectivity index is 1.77. The number of hydrogen-bond acceptors (Lipinski definition) is 1. The maximum atomic E-state index is 6.62. The van der Waals surface area contributed by atoms with Gasteiger partial charge in [0.2, 0.25) is 0 Å². The van der Waals surface area contributed by atoms with Crippen molar-refractivity contribution in [2.45, 2.75) is 70.3 Å². The molecule has 0 aliphatic heterocycles. The Morgan fingerprint density at radius 1 is 1.11 bits per heavy atom. The van der Waals surface area contributed by atoms with Crippen LogP contribution in [-0.4, -0.2) is 0 Å². The van der Waals surface area contributed by atoms with Crippen molar-refractivity contribution in [3.05, 3.63) is 35.4 Å². The Hall–Kier alpha value is -0.820. The van der Waals surface area contributed by atoms with E-state index in [4.69, 9.17) is 5.73 Å². The van der Waals surface area contributed by atoms with Gasteiger partial charge >= 0.3 is 0 Å². The van der Waals surface area contributed by atoms with Gasteiger partial charge in [-0.25, -0.2) is 0 Å². The molecule has 0 radical (unpaired) electrons. The Labute approximate surface area is 117 Å². The highest BCUT2D eigenvalue weighted by Crippen LogP contribution is 2.49. The van der Waals surface area contributed by atoms with Gasteiger partial charge < -0.3 is 5.73 Å². The summed E-state index contributed by atoms with van der Waals surface area (Å²) in [5.41, 5.74) is 9.87. The summed E-state index contributed by atoms with van der Waals surface area (Å²) in [7, 11) is 0. The molecule has 0 aromatic heterocycles. The van der Waals surface area contributed by atoms with Gasteiger partial charge in [0.25, 0.3) is 0 Å². The van der Waals surface area contributed by atoms with E-state index in [0.29, 0.717) is 5.41 Å². The predicted molar refractivity (Wildman–Crippen MR) is 81.2 cm³/mol. The molecular formula is C18H27N. The minimum absolute atomic E-state index is 0.232. The van der Waals surface area contributed by atoms with Gasteiger partial charge in [-0.3, -0.25) is 0 Å². The Bertz CT molecular complexity index is 410. The van der Waals surface area contributed by atoms with Crippen LogP contribution in [0.25, 0.3) is 0 Å². The van der Waals surface area contributed by atoms with Crippen molar-refractivity contribution < 1.29 is 0 Å². The first-order chi connectivity index (χ1) is 9.25. The van der Waals surface area contributed by atoms with Crippen molar-refractivity contribution in [1.29, 1.82) is 0 Å². The maximum absolute atomic E-state index is 6.62.